The molecule has 2 aromatic rings. The van der Waals surface area contributed by atoms with Crippen LogP contribution in [0.5, 0.6) is 0 Å². The molecule has 5 heteroatoms. The van der Waals surface area contributed by atoms with Crippen molar-refractivity contribution >= 4 is 16.9 Å². The van der Waals surface area contributed by atoms with Crippen molar-refractivity contribution in [1.29, 1.82) is 0 Å². The molecule has 1 saturated heterocycles. The first kappa shape index (κ1) is 11.1. The summed E-state index contributed by atoms with van der Waals surface area (Å²) in [6, 6.07) is 7.80. The molecule has 0 bridgehead atoms. The van der Waals surface area contributed by atoms with Gasteiger partial charge in [0.25, 0.3) is 0 Å². The first-order chi connectivity index (χ1) is 8.68. The number of aromatic nitrogens is 2. The summed E-state index contributed by atoms with van der Waals surface area (Å²) in [7, 11) is 1.78. The molecule has 0 saturated carbocycles. The van der Waals surface area contributed by atoms with Crippen molar-refractivity contribution in [2.75, 3.05) is 6.54 Å². The SMILES string of the molecule is Cn1c(=O)n(C2CCC(=O)NC2)c2ccccc21. The van der Waals surface area contributed by atoms with Crippen LogP contribution in [0.15, 0.2) is 29.1 Å². The zero-order valence-corrected chi connectivity index (χ0v) is 10.2. The first-order valence-electron chi connectivity index (χ1n) is 6.11. The highest BCUT2D eigenvalue weighted by atomic mass is 16.2. The minimum Gasteiger partial charge on any atom is -0.354 e. The number of piperidine rings is 1. The maximum atomic E-state index is 12.3. The molecule has 5 nitrogen and oxygen atoms in total. The van der Waals surface area contributed by atoms with Crippen molar-refractivity contribution in [2.24, 2.45) is 7.05 Å². The highest BCUT2D eigenvalue weighted by Gasteiger charge is 2.23. The van der Waals surface area contributed by atoms with Crippen LogP contribution < -0.4 is 11.0 Å². The molecule has 1 atom stereocenters. The molecule has 3 rings (SSSR count). The minimum absolute atomic E-state index is 0.0163. The van der Waals surface area contributed by atoms with E-state index in [0.29, 0.717) is 13.0 Å². The van der Waals surface area contributed by atoms with E-state index in [-0.39, 0.29) is 17.6 Å². The number of imidazole rings is 1. The maximum absolute atomic E-state index is 12.3. The second kappa shape index (κ2) is 4.01. The summed E-state index contributed by atoms with van der Waals surface area (Å²) in [5.41, 5.74) is 1.85. The molecule has 1 aliphatic heterocycles. The summed E-state index contributed by atoms with van der Waals surface area (Å²) in [4.78, 5) is 23.5. The van der Waals surface area contributed by atoms with Crippen molar-refractivity contribution in [3.63, 3.8) is 0 Å². The number of rotatable bonds is 1. The van der Waals surface area contributed by atoms with Gasteiger partial charge in [-0.05, 0) is 18.6 Å². The van der Waals surface area contributed by atoms with Crippen LogP contribution in [0, 0.1) is 0 Å². The van der Waals surface area contributed by atoms with Gasteiger partial charge in [-0.3, -0.25) is 13.9 Å². The van der Waals surface area contributed by atoms with E-state index in [9.17, 15) is 9.59 Å². The normalized spacial score (nSPS) is 20.1. The van der Waals surface area contributed by atoms with E-state index >= 15 is 0 Å². The number of aryl methyl sites for hydroxylation is 1. The van der Waals surface area contributed by atoms with Crippen LogP contribution in [0.2, 0.25) is 0 Å². The Morgan fingerprint density at radius 1 is 1.22 bits per heavy atom. The number of benzene rings is 1. The van der Waals surface area contributed by atoms with E-state index in [0.717, 1.165) is 17.5 Å². The zero-order chi connectivity index (χ0) is 12.7. The van der Waals surface area contributed by atoms with Gasteiger partial charge in [-0.2, -0.15) is 0 Å². The molecule has 1 fully saturated rings. The minimum atomic E-state index is -0.0163. The fourth-order valence-electron chi connectivity index (χ4n) is 2.61. The van der Waals surface area contributed by atoms with Gasteiger partial charge < -0.3 is 5.32 Å². The molecule has 0 radical (unpaired) electrons. The van der Waals surface area contributed by atoms with Crippen LogP contribution >= 0.6 is 0 Å². The monoisotopic (exact) mass is 245 g/mol. The van der Waals surface area contributed by atoms with Crippen LogP contribution in [0.4, 0.5) is 0 Å². The fraction of sp³-hybridized carbons (Fsp3) is 0.385. The highest BCUT2D eigenvalue weighted by molar-refractivity contribution is 5.78. The van der Waals surface area contributed by atoms with E-state index in [1.807, 2.05) is 24.3 Å². The van der Waals surface area contributed by atoms with Crippen LogP contribution in [-0.4, -0.2) is 21.6 Å². The third-order valence-corrected chi connectivity index (χ3v) is 3.60. The number of hydrogen-bond acceptors (Lipinski definition) is 2. The zero-order valence-electron chi connectivity index (χ0n) is 10.2. The van der Waals surface area contributed by atoms with Crippen LogP contribution in [0.3, 0.4) is 0 Å². The lowest BCUT2D eigenvalue weighted by atomic mass is 10.1. The molecule has 1 N–H and O–H groups in total. The molecule has 0 aliphatic carbocycles. The van der Waals surface area contributed by atoms with Crippen molar-refractivity contribution < 1.29 is 4.79 Å². The Kier molecular flexibility index (Phi) is 2.47. The van der Waals surface area contributed by atoms with E-state index in [4.69, 9.17) is 0 Å². The van der Waals surface area contributed by atoms with Gasteiger partial charge in [0, 0.05) is 20.0 Å². The third kappa shape index (κ3) is 1.54. The molecule has 18 heavy (non-hydrogen) atoms. The molecule has 1 unspecified atom stereocenters. The van der Waals surface area contributed by atoms with E-state index in [2.05, 4.69) is 5.32 Å². The standard InChI is InChI=1S/C13H15N3O2/c1-15-10-4-2-3-5-11(10)16(13(15)18)9-6-7-12(17)14-8-9/h2-5,9H,6-8H2,1H3,(H,14,17). The summed E-state index contributed by atoms with van der Waals surface area (Å²) in [5.74, 6) is 0.0690. The third-order valence-electron chi connectivity index (χ3n) is 3.60. The summed E-state index contributed by atoms with van der Waals surface area (Å²) in [6.45, 7) is 0.534. The quantitative estimate of drug-likeness (QED) is 0.807. The Hall–Kier alpha value is -2.04. The Balaban J connectivity index is 2.14. The van der Waals surface area contributed by atoms with Gasteiger partial charge in [0.05, 0.1) is 17.1 Å². The van der Waals surface area contributed by atoms with Crippen LogP contribution in [0.25, 0.3) is 11.0 Å². The molecule has 1 amide bonds. The lowest BCUT2D eigenvalue weighted by molar-refractivity contribution is -0.122. The van der Waals surface area contributed by atoms with Crippen molar-refractivity contribution in [1.82, 2.24) is 14.5 Å². The van der Waals surface area contributed by atoms with Gasteiger partial charge in [-0.1, -0.05) is 12.1 Å². The van der Waals surface area contributed by atoms with Gasteiger partial charge in [0.15, 0.2) is 0 Å². The van der Waals surface area contributed by atoms with E-state index < -0.39 is 0 Å². The molecular weight excluding hydrogens is 230 g/mol. The number of carbonyl (C=O) groups is 1. The van der Waals surface area contributed by atoms with Crippen molar-refractivity contribution in [3.8, 4) is 0 Å². The van der Waals surface area contributed by atoms with Crippen LogP contribution in [0.1, 0.15) is 18.9 Å². The summed E-state index contributed by atoms with van der Waals surface area (Å²) < 4.78 is 3.46. The summed E-state index contributed by atoms with van der Waals surface area (Å²) in [5, 5.41) is 2.82. The number of nitrogens with zero attached hydrogens (tertiary/aromatic N) is 2. The van der Waals surface area contributed by atoms with E-state index in [1.165, 1.54) is 0 Å². The number of carbonyl (C=O) groups excluding carboxylic acids is 1. The van der Waals surface area contributed by atoms with Gasteiger partial charge in [0.1, 0.15) is 0 Å². The molecule has 1 aliphatic rings. The molecule has 1 aromatic heterocycles. The average Bonchev–Trinajstić information content (AvgIpc) is 2.64. The van der Waals surface area contributed by atoms with Gasteiger partial charge >= 0.3 is 5.69 Å². The summed E-state index contributed by atoms with van der Waals surface area (Å²) in [6.07, 6.45) is 1.21. The largest absolute Gasteiger partial charge is 0.354 e. The predicted molar refractivity (Wildman–Crippen MR) is 68.5 cm³/mol. The number of para-hydroxylation sites is 2. The second-order valence-corrected chi connectivity index (χ2v) is 4.70. The number of nitrogens with one attached hydrogen (secondary N) is 1. The van der Waals surface area contributed by atoms with E-state index in [1.54, 1.807) is 16.2 Å². The fourth-order valence-corrected chi connectivity index (χ4v) is 2.61. The van der Waals surface area contributed by atoms with Crippen molar-refractivity contribution in [2.45, 2.75) is 18.9 Å². The van der Waals surface area contributed by atoms with Gasteiger partial charge in [-0.15, -0.1) is 0 Å². The number of fused-ring (bicyclic) bond motifs is 1. The maximum Gasteiger partial charge on any atom is 0.329 e. The Labute approximate surface area is 104 Å². The molecule has 94 valence electrons. The Morgan fingerprint density at radius 3 is 2.61 bits per heavy atom. The highest BCUT2D eigenvalue weighted by Crippen LogP contribution is 2.21. The summed E-state index contributed by atoms with van der Waals surface area (Å²) >= 11 is 0. The molecular formula is C13H15N3O2. The number of hydrogen-bond donors (Lipinski definition) is 1. The Morgan fingerprint density at radius 2 is 1.94 bits per heavy atom. The average molecular weight is 245 g/mol. The van der Waals surface area contributed by atoms with Crippen molar-refractivity contribution in [3.05, 3.63) is 34.7 Å². The first-order valence-corrected chi connectivity index (χ1v) is 6.11. The lowest BCUT2D eigenvalue weighted by Crippen LogP contribution is -2.39. The molecule has 2 heterocycles. The van der Waals surface area contributed by atoms with Gasteiger partial charge in [-0.25, -0.2) is 4.79 Å². The second-order valence-electron chi connectivity index (χ2n) is 4.70. The topological polar surface area (TPSA) is 56.0 Å². The predicted octanol–water partition coefficient (Wildman–Crippen LogP) is 0.791. The van der Waals surface area contributed by atoms with Crippen LogP contribution in [-0.2, 0) is 11.8 Å². The molecule has 1 aromatic carbocycles. The molecule has 0 spiro atoms. The smallest absolute Gasteiger partial charge is 0.329 e. The van der Waals surface area contributed by atoms with Gasteiger partial charge in [0.2, 0.25) is 5.91 Å². The lowest BCUT2D eigenvalue weighted by Gasteiger charge is -2.23. The Bertz CT molecular complexity index is 658. The number of amides is 1.